The number of carbonyl (C=O) groups is 2. The van der Waals surface area contributed by atoms with Gasteiger partial charge in [0.1, 0.15) is 0 Å². The monoisotopic (exact) mass is 273 g/mol. The molecule has 0 aliphatic rings. The van der Waals surface area contributed by atoms with Crippen LogP contribution in [0.1, 0.15) is 27.6 Å². The molecule has 0 radical (unpaired) electrons. The number of carboxylic acid groups (broad SMARTS) is 1. The molecular weight excluding hydrogens is 260 g/mol. The number of aliphatic hydroxyl groups is 1. The average molecular weight is 273 g/mol. The lowest BCUT2D eigenvalue weighted by molar-refractivity contribution is 0.0668. The summed E-state index contributed by atoms with van der Waals surface area (Å²) in [6.07, 6.45) is 0. The number of hydrogen-bond acceptors (Lipinski definition) is 3. The van der Waals surface area contributed by atoms with Gasteiger partial charge in [-0.3, -0.25) is 4.79 Å². The van der Waals surface area contributed by atoms with Crippen molar-refractivity contribution >= 4 is 11.9 Å². The molecule has 19 heavy (non-hydrogen) atoms. The molecule has 5 nitrogen and oxygen atoms in total. The lowest BCUT2D eigenvalue weighted by Crippen LogP contribution is -2.34. The van der Waals surface area contributed by atoms with Crippen LogP contribution in [-0.4, -0.2) is 46.7 Å². The zero-order chi connectivity index (χ0) is 14.6. The molecule has 0 spiro atoms. The number of aromatic carboxylic acids is 1. The number of halogens is 2. The molecule has 0 unspecified atom stereocenters. The average Bonchev–Trinajstić information content (AvgIpc) is 2.37. The first kappa shape index (κ1) is 15.0. The summed E-state index contributed by atoms with van der Waals surface area (Å²) < 4.78 is 26.2. The molecule has 104 valence electrons. The van der Waals surface area contributed by atoms with Crippen molar-refractivity contribution in [1.82, 2.24) is 4.90 Å². The van der Waals surface area contributed by atoms with Gasteiger partial charge in [-0.05, 0) is 19.1 Å². The smallest absolute Gasteiger partial charge is 0.336 e. The van der Waals surface area contributed by atoms with Crippen LogP contribution in [-0.2, 0) is 0 Å². The first-order valence-electron chi connectivity index (χ1n) is 5.54. The first-order valence-corrected chi connectivity index (χ1v) is 5.54. The zero-order valence-electron chi connectivity index (χ0n) is 10.2. The van der Waals surface area contributed by atoms with E-state index in [0.29, 0.717) is 12.1 Å². The minimum atomic E-state index is -1.53. The molecule has 0 fully saturated rings. The van der Waals surface area contributed by atoms with Gasteiger partial charge in [-0.25, -0.2) is 13.6 Å². The van der Waals surface area contributed by atoms with Crippen molar-refractivity contribution in [2.45, 2.75) is 6.92 Å². The summed E-state index contributed by atoms with van der Waals surface area (Å²) in [4.78, 5) is 24.1. The molecule has 0 aliphatic heterocycles. The normalized spacial score (nSPS) is 10.3. The van der Waals surface area contributed by atoms with Gasteiger partial charge in [-0.1, -0.05) is 0 Å². The van der Waals surface area contributed by atoms with Crippen molar-refractivity contribution in [1.29, 1.82) is 0 Å². The summed E-state index contributed by atoms with van der Waals surface area (Å²) in [7, 11) is 0. The SMILES string of the molecule is CCN(CCO)C(=O)c1cc(F)c(F)cc1C(=O)O. The van der Waals surface area contributed by atoms with Gasteiger partial charge < -0.3 is 15.1 Å². The molecule has 0 saturated heterocycles. The second-order valence-electron chi connectivity index (χ2n) is 3.73. The third-order valence-corrected chi connectivity index (χ3v) is 2.56. The van der Waals surface area contributed by atoms with E-state index in [1.807, 2.05) is 0 Å². The van der Waals surface area contributed by atoms with E-state index in [-0.39, 0.29) is 19.7 Å². The van der Waals surface area contributed by atoms with E-state index in [1.54, 1.807) is 6.92 Å². The maximum atomic E-state index is 13.1. The predicted octanol–water partition coefficient (Wildman–Crippen LogP) is 1.12. The Morgan fingerprint density at radius 2 is 1.74 bits per heavy atom. The fraction of sp³-hybridized carbons (Fsp3) is 0.333. The highest BCUT2D eigenvalue weighted by Crippen LogP contribution is 2.17. The predicted molar refractivity (Wildman–Crippen MR) is 62.0 cm³/mol. The van der Waals surface area contributed by atoms with E-state index in [1.165, 1.54) is 0 Å². The van der Waals surface area contributed by atoms with Gasteiger partial charge >= 0.3 is 5.97 Å². The van der Waals surface area contributed by atoms with Gasteiger partial charge in [0.2, 0.25) is 0 Å². The van der Waals surface area contributed by atoms with E-state index in [9.17, 15) is 18.4 Å². The fourth-order valence-electron chi connectivity index (χ4n) is 1.60. The molecule has 7 heteroatoms. The van der Waals surface area contributed by atoms with Crippen LogP contribution in [0.2, 0.25) is 0 Å². The standard InChI is InChI=1S/C12H13F2NO4/c1-2-15(3-4-16)11(17)7-5-9(13)10(14)6-8(7)12(18)19/h5-6,16H,2-4H2,1H3,(H,18,19). The number of likely N-dealkylation sites (N-methyl/N-ethyl adjacent to an activating group) is 1. The second-order valence-corrected chi connectivity index (χ2v) is 3.73. The molecule has 0 bridgehead atoms. The number of rotatable bonds is 5. The first-order chi connectivity index (χ1) is 8.92. The molecule has 0 aromatic heterocycles. The Morgan fingerprint density at radius 3 is 2.16 bits per heavy atom. The van der Waals surface area contributed by atoms with Crippen molar-refractivity contribution < 1.29 is 28.6 Å². The molecular formula is C12H13F2NO4. The van der Waals surface area contributed by atoms with E-state index in [0.717, 1.165) is 4.90 Å². The number of amides is 1. The third-order valence-electron chi connectivity index (χ3n) is 2.56. The summed E-state index contributed by atoms with van der Waals surface area (Å²) in [5.74, 6) is -4.93. The number of hydrogen-bond donors (Lipinski definition) is 2. The van der Waals surface area contributed by atoms with Gasteiger partial charge in [-0.2, -0.15) is 0 Å². The van der Waals surface area contributed by atoms with Gasteiger partial charge in [0.25, 0.3) is 5.91 Å². The topological polar surface area (TPSA) is 77.8 Å². The Bertz CT molecular complexity index is 505. The van der Waals surface area contributed by atoms with E-state index in [4.69, 9.17) is 10.2 Å². The second kappa shape index (κ2) is 6.24. The van der Waals surface area contributed by atoms with Crippen molar-refractivity contribution in [3.63, 3.8) is 0 Å². The molecule has 0 saturated carbocycles. The molecule has 1 rings (SSSR count). The van der Waals surface area contributed by atoms with Crippen LogP contribution in [0, 0.1) is 11.6 Å². The third kappa shape index (κ3) is 3.25. The van der Waals surface area contributed by atoms with Gasteiger partial charge in [0.15, 0.2) is 11.6 Å². The van der Waals surface area contributed by atoms with E-state index in [2.05, 4.69) is 0 Å². The van der Waals surface area contributed by atoms with Crippen LogP contribution >= 0.6 is 0 Å². The summed E-state index contributed by atoms with van der Waals surface area (Å²) in [6, 6.07) is 1.03. The summed E-state index contributed by atoms with van der Waals surface area (Å²) in [5, 5.41) is 17.7. The molecule has 0 heterocycles. The number of carboxylic acids is 1. The minimum absolute atomic E-state index is 0.0204. The van der Waals surface area contributed by atoms with Crippen LogP contribution in [0.3, 0.4) is 0 Å². The molecule has 1 aromatic rings. The lowest BCUT2D eigenvalue weighted by Gasteiger charge is -2.20. The fourth-order valence-corrected chi connectivity index (χ4v) is 1.60. The van der Waals surface area contributed by atoms with Crippen LogP contribution in [0.5, 0.6) is 0 Å². The van der Waals surface area contributed by atoms with Gasteiger partial charge in [0, 0.05) is 13.1 Å². The van der Waals surface area contributed by atoms with E-state index < -0.39 is 34.6 Å². The van der Waals surface area contributed by atoms with Crippen molar-refractivity contribution in [2.75, 3.05) is 19.7 Å². The molecule has 1 amide bonds. The number of nitrogens with zero attached hydrogens (tertiary/aromatic N) is 1. The molecule has 0 aliphatic carbocycles. The highest BCUT2D eigenvalue weighted by molar-refractivity contribution is 6.04. The zero-order valence-corrected chi connectivity index (χ0v) is 10.2. The molecule has 2 N–H and O–H groups in total. The number of benzene rings is 1. The Balaban J connectivity index is 3.28. The number of aliphatic hydroxyl groups excluding tert-OH is 1. The lowest BCUT2D eigenvalue weighted by atomic mass is 10.1. The maximum absolute atomic E-state index is 13.1. The largest absolute Gasteiger partial charge is 0.478 e. The Morgan fingerprint density at radius 1 is 1.21 bits per heavy atom. The summed E-state index contributed by atoms with van der Waals surface area (Å²) in [5.41, 5.74) is -1.05. The highest BCUT2D eigenvalue weighted by Gasteiger charge is 2.23. The van der Waals surface area contributed by atoms with Gasteiger partial charge in [0.05, 0.1) is 17.7 Å². The quantitative estimate of drug-likeness (QED) is 0.842. The summed E-state index contributed by atoms with van der Waals surface area (Å²) in [6.45, 7) is 1.49. The maximum Gasteiger partial charge on any atom is 0.336 e. The van der Waals surface area contributed by atoms with E-state index >= 15 is 0 Å². The van der Waals surface area contributed by atoms with Crippen molar-refractivity contribution in [2.24, 2.45) is 0 Å². The van der Waals surface area contributed by atoms with Gasteiger partial charge in [-0.15, -0.1) is 0 Å². The minimum Gasteiger partial charge on any atom is -0.478 e. The van der Waals surface area contributed by atoms with Crippen molar-refractivity contribution in [3.8, 4) is 0 Å². The Kier molecular flexibility index (Phi) is 4.94. The van der Waals surface area contributed by atoms with Crippen molar-refractivity contribution in [3.05, 3.63) is 34.9 Å². The van der Waals surface area contributed by atoms with Crippen LogP contribution in [0.15, 0.2) is 12.1 Å². The number of carbonyl (C=O) groups excluding carboxylic acids is 1. The molecule has 0 atom stereocenters. The molecule has 1 aromatic carbocycles. The van der Waals surface area contributed by atoms with Crippen LogP contribution in [0.4, 0.5) is 8.78 Å². The Hall–Kier alpha value is -2.02. The highest BCUT2D eigenvalue weighted by atomic mass is 19.2. The van der Waals surface area contributed by atoms with Crippen LogP contribution in [0.25, 0.3) is 0 Å². The van der Waals surface area contributed by atoms with Crippen LogP contribution < -0.4 is 0 Å². The summed E-state index contributed by atoms with van der Waals surface area (Å²) >= 11 is 0. The Labute approximate surface area is 108 Å².